The molecule has 0 saturated carbocycles. The molecule has 0 atom stereocenters. The monoisotopic (exact) mass is 182 g/mol. The minimum absolute atomic E-state index is 0.194. The lowest BCUT2D eigenvalue weighted by Gasteiger charge is -2.13. The lowest BCUT2D eigenvalue weighted by molar-refractivity contribution is 0.376. The van der Waals surface area contributed by atoms with Gasteiger partial charge >= 0.3 is 0 Å². The zero-order valence-electron chi connectivity index (χ0n) is 8.34. The van der Waals surface area contributed by atoms with E-state index < -0.39 is 0 Å². The maximum Gasteiger partial charge on any atom is 0.132 e. The molecular formula is C10H14O3. The van der Waals surface area contributed by atoms with Crippen LogP contribution in [0.3, 0.4) is 0 Å². The fraction of sp³-hybridized carbons (Fsp3) is 0.400. The van der Waals surface area contributed by atoms with Crippen LogP contribution < -0.4 is 9.47 Å². The summed E-state index contributed by atoms with van der Waals surface area (Å²) in [6.07, 6.45) is 0. The fourth-order valence-electron chi connectivity index (χ4n) is 1.37. The lowest BCUT2D eigenvalue weighted by Crippen LogP contribution is -1.95. The molecule has 0 spiro atoms. The van der Waals surface area contributed by atoms with Gasteiger partial charge in [-0.05, 0) is 13.8 Å². The lowest BCUT2D eigenvalue weighted by atomic mass is 10.1. The number of phenols is 1. The number of ether oxygens (including phenoxy) is 2. The molecule has 0 bridgehead atoms. The highest BCUT2D eigenvalue weighted by atomic mass is 16.5. The summed E-state index contributed by atoms with van der Waals surface area (Å²) in [7, 11) is 3.14. The molecule has 0 unspecified atom stereocenters. The van der Waals surface area contributed by atoms with Crippen LogP contribution in [0.1, 0.15) is 11.1 Å². The first kappa shape index (κ1) is 9.71. The van der Waals surface area contributed by atoms with Gasteiger partial charge in [0.2, 0.25) is 0 Å². The zero-order valence-corrected chi connectivity index (χ0v) is 8.34. The van der Waals surface area contributed by atoms with E-state index in [0.29, 0.717) is 11.5 Å². The smallest absolute Gasteiger partial charge is 0.132 e. The van der Waals surface area contributed by atoms with Crippen molar-refractivity contribution in [2.45, 2.75) is 13.8 Å². The van der Waals surface area contributed by atoms with Crippen LogP contribution in [-0.4, -0.2) is 19.3 Å². The van der Waals surface area contributed by atoms with E-state index in [1.807, 2.05) is 6.92 Å². The minimum atomic E-state index is 0.194. The number of benzene rings is 1. The summed E-state index contributed by atoms with van der Waals surface area (Å²) in [5.74, 6) is 1.51. The maximum atomic E-state index is 9.51. The van der Waals surface area contributed by atoms with Gasteiger partial charge in [0, 0.05) is 17.2 Å². The molecule has 0 fully saturated rings. The van der Waals surface area contributed by atoms with E-state index in [9.17, 15) is 5.11 Å². The SMILES string of the molecule is COc1cc(O)c(C)c(OC)c1C. The molecule has 0 aliphatic rings. The molecule has 1 aromatic rings. The summed E-state index contributed by atoms with van der Waals surface area (Å²) in [5.41, 5.74) is 1.64. The van der Waals surface area contributed by atoms with Gasteiger partial charge in [0.1, 0.15) is 17.2 Å². The topological polar surface area (TPSA) is 38.7 Å². The van der Waals surface area contributed by atoms with Crippen LogP contribution in [0.2, 0.25) is 0 Å². The van der Waals surface area contributed by atoms with E-state index >= 15 is 0 Å². The van der Waals surface area contributed by atoms with E-state index in [-0.39, 0.29) is 5.75 Å². The van der Waals surface area contributed by atoms with E-state index in [1.165, 1.54) is 0 Å². The molecule has 13 heavy (non-hydrogen) atoms. The highest BCUT2D eigenvalue weighted by Crippen LogP contribution is 2.36. The van der Waals surface area contributed by atoms with Crippen LogP contribution in [0.4, 0.5) is 0 Å². The zero-order chi connectivity index (χ0) is 10.0. The standard InChI is InChI=1S/C10H14O3/c1-6-8(11)5-9(12-3)7(2)10(6)13-4/h5,11H,1-4H3. The molecular weight excluding hydrogens is 168 g/mol. The molecule has 1 aromatic carbocycles. The van der Waals surface area contributed by atoms with Crippen molar-refractivity contribution in [3.8, 4) is 17.2 Å². The molecule has 0 saturated heterocycles. The number of aromatic hydroxyl groups is 1. The molecule has 3 heteroatoms. The molecule has 72 valence electrons. The molecule has 0 aliphatic heterocycles. The Morgan fingerprint density at radius 3 is 2.15 bits per heavy atom. The highest BCUT2D eigenvalue weighted by molar-refractivity contribution is 5.55. The largest absolute Gasteiger partial charge is 0.507 e. The van der Waals surface area contributed by atoms with Crippen LogP contribution in [0.25, 0.3) is 0 Å². The molecule has 1 rings (SSSR count). The van der Waals surface area contributed by atoms with E-state index in [2.05, 4.69) is 0 Å². The number of methoxy groups -OCH3 is 2. The van der Waals surface area contributed by atoms with Crippen molar-refractivity contribution < 1.29 is 14.6 Å². The van der Waals surface area contributed by atoms with Crippen molar-refractivity contribution in [2.75, 3.05) is 14.2 Å². The summed E-state index contributed by atoms with van der Waals surface area (Å²) in [5, 5.41) is 9.51. The summed E-state index contributed by atoms with van der Waals surface area (Å²) in [4.78, 5) is 0. The van der Waals surface area contributed by atoms with Crippen LogP contribution in [0.15, 0.2) is 6.07 Å². The minimum Gasteiger partial charge on any atom is -0.507 e. The van der Waals surface area contributed by atoms with E-state index in [4.69, 9.17) is 9.47 Å². The molecule has 0 heterocycles. The van der Waals surface area contributed by atoms with Gasteiger partial charge in [-0.2, -0.15) is 0 Å². The molecule has 0 radical (unpaired) electrons. The first-order chi connectivity index (χ1) is 6.11. The van der Waals surface area contributed by atoms with E-state index in [1.54, 1.807) is 27.2 Å². The Labute approximate surface area is 77.9 Å². The van der Waals surface area contributed by atoms with Gasteiger partial charge in [-0.3, -0.25) is 0 Å². The van der Waals surface area contributed by atoms with Crippen molar-refractivity contribution in [2.24, 2.45) is 0 Å². The maximum absolute atomic E-state index is 9.51. The summed E-state index contributed by atoms with van der Waals surface area (Å²) < 4.78 is 10.2. The second-order valence-corrected chi connectivity index (χ2v) is 2.88. The Bertz CT molecular complexity index is 318. The first-order valence-electron chi connectivity index (χ1n) is 4.03. The second-order valence-electron chi connectivity index (χ2n) is 2.88. The Balaban J connectivity index is 3.39. The first-order valence-corrected chi connectivity index (χ1v) is 4.03. The Hall–Kier alpha value is -1.38. The number of phenolic OH excluding ortho intramolecular Hbond substituents is 1. The van der Waals surface area contributed by atoms with Crippen molar-refractivity contribution in [3.05, 3.63) is 17.2 Å². The Morgan fingerprint density at radius 1 is 1.08 bits per heavy atom. The van der Waals surface area contributed by atoms with Crippen molar-refractivity contribution in [1.29, 1.82) is 0 Å². The molecule has 3 nitrogen and oxygen atoms in total. The third-order valence-corrected chi connectivity index (χ3v) is 2.13. The Morgan fingerprint density at radius 2 is 1.69 bits per heavy atom. The van der Waals surface area contributed by atoms with Gasteiger partial charge in [-0.1, -0.05) is 0 Å². The molecule has 1 N–H and O–H groups in total. The second kappa shape index (κ2) is 3.56. The fourth-order valence-corrected chi connectivity index (χ4v) is 1.37. The third-order valence-electron chi connectivity index (χ3n) is 2.13. The third kappa shape index (κ3) is 1.54. The van der Waals surface area contributed by atoms with Crippen molar-refractivity contribution in [1.82, 2.24) is 0 Å². The Kier molecular flexibility index (Phi) is 2.66. The average molecular weight is 182 g/mol. The van der Waals surface area contributed by atoms with Gasteiger partial charge in [0.05, 0.1) is 14.2 Å². The summed E-state index contributed by atoms with van der Waals surface area (Å²) in [6, 6.07) is 1.59. The molecule has 0 aliphatic carbocycles. The van der Waals surface area contributed by atoms with Gasteiger partial charge < -0.3 is 14.6 Å². The number of rotatable bonds is 2. The van der Waals surface area contributed by atoms with Gasteiger partial charge in [0.15, 0.2) is 0 Å². The van der Waals surface area contributed by atoms with Crippen molar-refractivity contribution in [3.63, 3.8) is 0 Å². The number of hydrogen-bond donors (Lipinski definition) is 1. The number of hydrogen-bond acceptors (Lipinski definition) is 3. The van der Waals surface area contributed by atoms with Gasteiger partial charge in [-0.25, -0.2) is 0 Å². The predicted octanol–water partition coefficient (Wildman–Crippen LogP) is 2.03. The molecule has 0 aromatic heterocycles. The van der Waals surface area contributed by atoms with E-state index in [0.717, 1.165) is 11.1 Å². The van der Waals surface area contributed by atoms with Crippen LogP contribution in [-0.2, 0) is 0 Å². The highest BCUT2D eigenvalue weighted by Gasteiger charge is 2.12. The van der Waals surface area contributed by atoms with Crippen LogP contribution >= 0.6 is 0 Å². The molecule has 0 amide bonds. The quantitative estimate of drug-likeness (QED) is 0.760. The summed E-state index contributed by atoms with van der Waals surface area (Å²) >= 11 is 0. The van der Waals surface area contributed by atoms with Crippen molar-refractivity contribution >= 4 is 0 Å². The van der Waals surface area contributed by atoms with Crippen LogP contribution in [0.5, 0.6) is 17.2 Å². The predicted molar refractivity (Wildman–Crippen MR) is 50.7 cm³/mol. The normalized spacial score (nSPS) is 9.85. The van der Waals surface area contributed by atoms with Crippen LogP contribution in [0, 0.1) is 13.8 Å². The summed E-state index contributed by atoms with van der Waals surface area (Å²) in [6.45, 7) is 3.70. The van der Waals surface area contributed by atoms with Gasteiger partial charge in [0.25, 0.3) is 0 Å². The van der Waals surface area contributed by atoms with Gasteiger partial charge in [-0.15, -0.1) is 0 Å². The average Bonchev–Trinajstić information content (AvgIpc) is 2.12.